The first-order valence-electron chi connectivity index (χ1n) is 2.87. The topological polar surface area (TPSA) is 20.2 Å². The highest BCUT2D eigenvalue weighted by Gasteiger charge is 2.07. The molecule has 0 atom stereocenters. The molecule has 1 aromatic carbocycles. The fourth-order valence-electron chi connectivity index (χ4n) is 0.716. The molecule has 0 unspecified atom stereocenters. The lowest BCUT2D eigenvalue weighted by molar-refractivity contribution is 0.462. The van der Waals surface area contributed by atoms with Gasteiger partial charge >= 0.3 is 0 Å². The van der Waals surface area contributed by atoms with E-state index in [1.807, 2.05) is 6.26 Å². The molecule has 0 amide bonds. The normalized spacial score (nSPS) is 10.1. The summed E-state index contributed by atoms with van der Waals surface area (Å²) < 4.78 is 0. The third kappa shape index (κ3) is 1.75. The third-order valence-corrected chi connectivity index (χ3v) is 2.97. The van der Waals surface area contributed by atoms with Crippen LogP contribution in [0.4, 0.5) is 0 Å². The van der Waals surface area contributed by atoms with Crippen LogP contribution in [0.3, 0.4) is 0 Å². The lowest BCUT2D eigenvalue weighted by Crippen LogP contribution is -1.76. The van der Waals surface area contributed by atoms with Gasteiger partial charge in [0, 0.05) is 0 Å². The van der Waals surface area contributed by atoms with E-state index in [2.05, 4.69) is 0 Å². The molecule has 0 aromatic heterocycles. The van der Waals surface area contributed by atoms with E-state index in [0.29, 0.717) is 14.9 Å². The molecule has 4 heteroatoms. The Morgan fingerprint density at radius 1 is 1.36 bits per heavy atom. The van der Waals surface area contributed by atoms with Gasteiger partial charge < -0.3 is 5.11 Å². The van der Waals surface area contributed by atoms with Gasteiger partial charge in [-0.3, -0.25) is 0 Å². The molecule has 0 spiro atoms. The number of thioether (sulfide) groups is 1. The second kappa shape index (κ2) is 3.57. The van der Waals surface area contributed by atoms with E-state index in [1.54, 1.807) is 6.07 Å². The van der Waals surface area contributed by atoms with Crippen molar-refractivity contribution in [1.82, 2.24) is 0 Å². The fourth-order valence-corrected chi connectivity index (χ4v) is 1.89. The van der Waals surface area contributed by atoms with Crippen molar-refractivity contribution in [3.63, 3.8) is 0 Å². The van der Waals surface area contributed by atoms with Crippen LogP contribution in [0.2, 0.25) is 10.0 Å². The number of phenols is 1. The van der Waals surface area contributed by atoms with Crippen LogP contribution in [-0.4, -0.2) is 11.4 Å². The van der Waals surface area contributed by atoms with Crippen LogP contribution in [0.1, 0.15) is 0 Å². The van der Waals surface area contributed by atoms with Gasteiger partial charge in [-0.25, -0.2) is 0 Å². The van der Waals surface area contributed by atoms with Gasteiger partial charge in [-0.1, -0.05) is 23.2 Å². The zero-order valence-electron chi connectivity index (χ0n) is 5.77. The molecule has 0 aliphatic rings. The van der Waals surface area contributed by atoms with Crippen molar-refractivity contribution >= 4 is 35.0 Å². The molecule has 1 nitrogen and oxygen atoms in total. The Kier molecular flexibility index (Phi) is 2.93. The predicted octanol–water partition coefficient (Wildman–Crippen LogP) is 3.42. The first-order chi connectivity index (χ1) is 5.16. The number of halogens is 2. The highest BCUT2D eigenvalue weighted by atomic mass is 35.5. The van der Waals surface area contributed by atoms with Crippen molar-refractivity contribution in [2.45, 2.75) is 4.90 Å². The van der Waals surface area contributed by atoms with E-state index >= 15 is 0 Å². The fraction of sp³-hybridized carbons (Fsp3) is 0.143. The molecule has 0 bridgehead atoms. The molecule has 0 radical (unpaired) electrons. The van der Waals surface area contributed by atoms with Crippen molar-refractivity contribution < 1.29 is 5.11 Å². The number of aromatic hydroxyl groups is 1. The van der Waals surface area contributed by atoms with Crippen molar-refractivity contribution in [2.24, 2.45) is 0 Å². The second-order valence-electron chi connectivity index (χ2n) is 1.91. The molecule has 0 fully saturated rings. The molecule has 0 aliphatic heterocycles. The maximum absolute atomic E-state index is 9.25. The lowest BCUT2D eigenvalue weighted by atomic mass is 10.3. The summed E-state index contributed by atoms with van der Waals surface area (Å²) >= 11 is 12.9. The lowest BCUT2D eigenvalue weighted by Gasteiger charge is -2.03. The van der Waals surface area contributed by atoms with E-state index in [1.165, 1.54) is 17.8 Å². The van der Waals surface area contributed by atoms with Crippen LogP contribution < -0.4 is 0 Å². The summed E-state index contributed by atoms with van der Waals surface area (Å²) in [7, 11) is 0. The molecule has 1 rings (SSSR count). The minimum absolute atomic E-state index is 0.173. The molecule has 1 aromatic rings. The van der Waals surface area contributed by atoms with E-state index in [4.69, 9.17) is 23.2 Å². The molecule has 1 N–H and O–H groups in total. The Bertz CT molecular complexity index is 275. The molecule has 0 aliphatic carbocycles. The summed E-state index contributed by atoms with van der Waals surface area (Å²) in [5, 5.41) is 10.1. The summed E-state index contributed by atoms with van der Waals surface area (Å²) in [6, 6.07) is 3.10. The van der Waals surface area contributed by atoms with E-state index in [0.717, 1.165) is 0 Å². The number of phenolic OH excluding ortho intramolecular Hbond substituents is 1. The maximum Gasteiger partial charge on any atom is 0.130 e. The maximum atomic E-state index is 9.25. The number of hydrogen-bond donors (Lipinski definition) is 1. The summed E-state index contributed by atoms with van der Waals surface area (Å²) in [6.45, 7) is 0. The second-order valence-corrected chi connectivity index (χ2v) is 3.52. The highest BCUT2D eigenvalue weighted by Crippen LogP contribution is 2.38. The molecule has 0 saturated carbocycles. The zero-order chi connectivity index (χ0) is 8.43. The van der Waals surface area contributed by atoms with Crippen molar-refractivity contribution in [3.05, 3.63) is 22.2 Å². The van der Waals surface area contributed by atoms with E-state index in [-0.39, 0.29) is 5.75 Å². The molecule has 11 heavy (non-hydrogen) atoms. The summed E-state index contributed by atoms with van der Waals surface area (Å²) in [5.41, 5.74) is 0. The van der Waals surface area contributed by atoms with Gasteiger partial charge in [0.25, 0.3) is 0 Å². The van der Waals surface area contributed by atoms with Crippen LogP contribution in [0.5, 0.6) is 5.75 Å². The monoisotopic (exact) mass is 208 g/mol. The summed E-state index contributed by atoms with van der Waals surface area (Å²) in [6.07, 6.45) is 1.83. The van der Waals surface area contributed by atoms with E-state index < -0.39 is 0 Å². The van der Waals surface area contributed by atoms with Crippen LogP contribution in [-0.2, 0) is 0 Å². The van der Waals surface area contributed by atoms with Gasteiger partial charge in [-0.05, 0) is 18.4 Å². The molecular formula is C7H6Cl2OS. The van der Waals surface area contributed by atoms with Crippen LogP contribution in [0, 0.1) is 0 Å². The van der Waals surface area contributed by atoms with Crippen LogP contribution in [0.25, 0.3) is 0 Å². The SMILES string of the molecule is CSc1c(O)ccc(Cl)c1Cl. The predicted molar refractivity (Wildman–Crippen MR) is 49.9 cm³/mol. The minimum Gasteiger partial charge on any atom is -0.507 e. The molecule has 60 valence electrons. The van der Waals surface area contributed by atoms with Gasteiger partial charge in [0.15, 0.2) is 0 Å². The number of rotatable bonds is 1. The van der Waals surface area contributed by atoms with E-state index in [9.17, 15) is 5.11 Å². The van der Waals surface area contributed by atoms with Crippen molar-refractivity contribution in [1.29, 1.82) is 0 Å². The standard InChI is InChI=1S/C7H6Cl2OS/c1-11-7-5(10)3-2-4(8)6(7)9/h2-3,10H,1H3. The Hall–Kier alpha value is -0.0500. The highest BCUT2D eigenvalue weighted by molar-refractivity contribution is 7.98. The Labute approximate surface area is 79.3 Å². The van der Waals surface area contributed by atoms with Crippen molar-refractivity contribution in [3.8, 4) is 5.75 Å². The number of benzene rings is 1. The molecule has 0 heterocycles. The van der Waals surface area contributed by atoms with Gasteiger partial charge in [0.1, 0.15) is 5.75 Å². The van der Waals surface area contributed by atoms with Crippen LogP contribution >= 0.6 is 35.0 Å². The average molecular weight is 209 g/mol. The third-order valence-electron chi connectivity index (χ3n) is 1.23. The largest absolute Gasteiger partial charge is 0.507 e. The smallest absolute Gasteiger partial charge is 0.130 e. The quantitative estimate of drug-likeness (QED) is 0.715. The van der Waals surface area contributed by atoms with Crippen molar-refractivity contribution in [2.75, 3.05) is 6.26 Å². The molecule has 0 saturated heterocycles. The van der Waals surface area contributed by atoms with Gasteiger partial charge in [-0.15, -0.1) is 11.8 Å². The first kappa shape index (κ1) is 9.04. The summed E-state index contributed by atoms with van der Waals surface area (Å²) in [4.78, 5) is 0.624. The minimum atomic E-state index is 0.173. The molecular weight excluding hydrogens is 203 g/mol. The Morgan fingerprint density at radius 3 is 2.45 bits per heavy atom. The first-order valence-corrected chi connectivity index (χ1v) is 4.86. The Morgan fingerprint density at radius 2 is 2.00 bits per heavy atom. The van der Waals surface area contributed by atoms with Crippen LogP contribution in [0.15, 0.2) is 17.0 Å². The Balaban J connectivity index is 3.29. The zero-order valence-corrected chi connectivity index (χ0v) is 8.09. The van der Waals surface area contributed by atoms with Gasteiger partial charge in [-0.2, -0.15) is 0 Å². The van der Waals surface area contributed by atoms with Gasteiger partial charge in [0.2, 0.25) is 0 Å². The van der Waals surface area contributed by atoms with Gasteiger partial charge in [0.05, 0.1) is 14.9 Å². The number of hydrogen-bond acceptors (Lipinski definition) is 2. The summed E-state index contributed by atoms with van der Waals surface area (Å²) in [5.74, 6) is 0.173. The average Bonchev–Trinajstić information content (AvgIpc) is 1.99.